The molecule has 308 valence electrons. The monoisotopic (exact) mass is 737 g/mol. The minimum atomic E-state index is -0.760. The Balaban J connectivity index is 4.32. The Kier molecular flexibility index (Phi) is 37.9. The molecule has 0 aromatic carbocycles. The molecule has 0 saturated heterocycles. The van der Waals surface area contributed by atoms with Gasteiger partial charge in [0.25, 0.3) is 0 Å². The molecule has 6 heteroatoms. The van der Waals surface area contributed by atoms with Crippen LogP contribution in [0.25, 0.3) is 0 Å². The van der Waals surface area contributed by atoms with Crippen LogP contribution in [0.2, 0.25) is 0 Å². The smallest absolute Gasteiger partial charge is 0.306 e. The molecule has 0 aliphatic carbocycles. The van der Waals surface area contributed by atoms with E-state index in [0.717, 1.165) is 69.6 Å². The second-order valence-electron chi connectivity index (χ2n) is 16.6. The molecular formula is C46H88O6. The second kappa shape index (κ2) is 39.1. The maximum atomic E-state index is 12.7. The fourth-order valence-corrected chi connectivity index (χ4v) is 6.75. The first-order chi connectivity index (χ1) is 25.2. The summed E-state index contributed by atoms with van der Waals surface area (Å²) in [5.74, 6) is 0.712. The summed E-state index contributed by atoms with van der Waals surface area (Å²) in [7, 11) is 0. The number of unbranched alkanes of at least 4 members (excludes halogenated alkanes) is 25. The summed E-state index contributed by atoms with van der Waals surface area (Å²) in [6.07, 6.45) is 36.7. The first-order valence-electron chi connectivity index (χ1n) is 22.7. The average molecular weight is 737 g/mol. The van der Waals surface area contributed by atoms with Gasteiger partial charge in [-0.1, -0.05) is 208 Å². The molecule has 52 heavy (non-hydrogen) atoms. The molecule has 0 amide bonds. The van der Waals surface area contributed by atoms with Crippen molar-refractivity contribution in [2.24, 2.45) is 11.8 Å². The van der Waals surface area contributed by atoms with Crippen LogP contribution >= 0.6 is 0 Å². The molecular weight excluding hydrogens is 648 g/mol. The van der Waals surface area contributed by atoms with Gasteiger partial charge in [-0.2, -0.15) is 0 Å². The van der Waals surface area contributed by atoms with E-state index in [1.54, 1.807) is 0 Å². The average Bonchev–Trinajstić information content (AvgIpc) is 3.11. The maximum Gasteiger partial charge on any atom is 0.306 e. The van der Waals surface area contributed by atoms with Crippen molar-refractivity contribution in [1.29, 1.82) is 0 Å². The molecule has 0 unspecified atom stereocenters. The van der Waals surface area contributed by atoms with Crippen LogP contribution in [0.4, 0.5) is 0 Å². The van der Waals surface area contributed by atoms with Gasteiger partial charge in [-0.25, -0.2) is 0 Å². The van der Waals surface area contributed by atoms with Crippen LogP contribution in [0.3, 0.4) is 0 Å². The van der Waals surface area contributed by atoms with Crippen molar-refractivity contribution in [2.45, 2.75) is 253 Å². The number of carbonyl (C=O) groups is 3. The van der Waals surface area contributed by atoms with Crippen molar-refractivity contribution in [3.8, 4) is 0 Å². The third-order valence-electron chi connectivity index (χ3n) is 10.2. The van der Waals surface area contributed by atoms with Gasteiger partial charge in [-0.15, -0.1) is 0 Å². The number of hydrogen-bond donors (Lipinski definition) is 0. The van der Waals surface area contributed by atoms with Gasteiger partial charge in [0, 0.05) is 19.3 Å². The molecule has 0 saturated carbocycles. The van der Waals surface area contributed by atoms with Gasteiger partial charge >= 0.3 is 17.9 Å². The first-order valence-corrected chi connectivity index (χ1v) is 22.7. The van der Waals surface area contributed by atoms with E-state index in [4.69, 9.17) is 14.2 Å². The molecule has 0 aliphatic rings. The lowest BCUT2D eigenvalue weighted by Crippen LogP contribution is -2.30. The summed E-state index contributed by atoms with van der Waals surface area (Å²) in [5, 5.41) is 0. The number of hydrogen-bond acceptors (Lipinski definition) is 6. The Morgan fingerprint density at radius 1 is 0.365 bits per heavy atom. The molecule has 0 bridgehead atoms. The van der Waals surface area contributed by atoms with E-state index in [1.165, 1.54) is 135 Å². The largest absolute Gasteiger partial charge is 0.462 e. The number of carbonyl (C=O) groups excluding carboxylic acids is 3. The van der Waals surface area contributed by atoms with Gasteiger partial charge in [0.1, 0.15) is 13.2 Å². The Morgan fingerprint density at radius 2 is 0.635 bits per heavy atom. The highest BCUT2D eigenvalue weighted by Gasteiger charge is 2.19. The normalized spacial score (nSPS) is 12.1. The molecule has 0 aliphatic heterocycles. The van der Waals surface area contributed by atoms with Crippen LogP contribution in [0, 0.1) is 11.8 Å². The van der Waals surface area contributed by atoms with Crippen LogP contribution in [-0.2, 0) is 28.6 Å². The van der Waals surface area contributed by atoms with Gasteiger partial charge in [-0.3, -0.25) is 14.4 Å². The number of rotatable bonds is 40. The molecule has 0 aromatic heterocycles. The topological polar surface area (TPSA) is 78.9 Å². The van der Waals surface area contributed by atoms with Crippen LogP contribution in [0.1, 0.15) is 247 Å². The SMILES string of the molecule is CCCCCCCCCCCCCCCC(=O)OC[C@@H](COC(=O)CCCCCCCCCCC(C)C)OC(=O)CCCCCCCCCC(C)C. The van der Waals surface area contributed by atoms with Crippen LogP contribution < -0.4 is 0 Å². The maximum absolute atomic E-state index is 12.7. The summed E-state index contributed by atoms with van der Waals surface area (Å²) in [5.41, 5.74) is 0. The van der Waals surface area contributed by atoms with E-state index in [9.17, 15) is 14.4 Å². The van der Waals surface area contributed by atoms with E-state index < -0.39 is 6.10 Å². The second-order valence-corrected chi connectivity index (χ2v) is 16.6. The predicted octanol–water partition coefficient (Wildman–Crippen LogP) is 14.2. The number of ether oxygens (including phenoxy) is 3. The highest BCUT2D eigenvalue weighted by atomic mass is 16.6. The zero-order chi connectivity index (χ0) is 38.3. The highest BCUT2D eigenvalue weighted by Crippen LogP contribution is 2.16. The third kappa shape index (κ3) is 39.6. The molecule has 0 spiro atoms. The fraction of sp³-hybridized carbons (Fsp3) is 0.935. The number of esters is 3. The Hall–Kier alpha value is -1.59. The lowest BCUT2D eigenvalue weighted by atomic mass is 10.0. The van der Waals surface area contributed by atoms with E-state index in [-0.39, 0.29) is 31.1 Å². The minimum Gasteiger partial charge on any atom is -0.462 e. The summed E-state index contributed by atoms with van der Waals surface area (Å²) < 4.78 is 16.7. The highest BCUT2D eigenvalue weighted by molar-refractivity contribution is 5.71. The summed E-state index contributed by atoms with van der Waals surface area (Å²) in [6, 6.07) is 0. The molecule has 0 N–H and O–H groups in total. The van der Waals surface area contributed by atoms with Crippen molar-refractivity contribution in [1.82, 2.24) is 0 Å². The molecule has 0 fully saturated rings. The zero-order valence-corrected chi connectivity index (χ0v) is 35.4. The van der Waals surface area contributed by atoms with E-state index >= 15 is 0 Å². The van der Waals surface area contributed by atoms with Crippen LogP contribution in [-0.4, -0.2) is 37.2 Å². The van der Waals surface area contributed by atoms with Crippen molar-refractivity contribution in [3.05, 3.63) is 0 Å². The fourth-order valence-electron chi connectivity index (χ4n) is 6.75. The minimum absolute atomic E-state index is 0.0656. The summed E-state index contributed by atoms with van der Waals surface area (Å²) >= 11 is 0. The van der Waals surface area contributed by atoms with Gasteiger partial charge in [0.15, 0.2) is 6.10 Å². The van der Waals surface area contributed by atoms with Crippen molar-refractivity contribution in [3.63, 3.8) is 0 Å². The molecule has 1 atom stereocenters. The lowest BCUT2D eigenvalue weighted by molar-refractivity contribution is -0.167. The summed E-state index contributed by atoms with van der Waals surface area (Å²) in [4.78, 5) is 37.7. The van der Waals surface area contributed by atoms with E-state index in [1.807, 2.05) is 0 Å². The Bertz CT molecular complexity index is 794. The molecule has 6 nitrogen and oxygen atoms in total. The van der Waals surface area contributed by atoms with Crippen molar-refractivity contribution >= 4 is 17.9 Å². The summed E-state index contributed by atoms with van der Waals surface area (Å²) in [6.45, 7) is 11.3. The first kappa shape index (κ1) is 50.4. The Morgan fingerprint density at radius 3 is 0.942 bits per heavy atom. The standard InChI is InChI=1S/C46H88O6/c1-6-7-8-9-10-11-12-13-14-15-21-26-31-36-44(47)50-39-43(52-46(49)38-33-28-23-18-20-25-30-35-42(4)5)40-51-45(48)37-32-27-22-17-16-19-24-29-34-41(2)3/h41-43H,6-40H2,1-5H3/t43-/m0/s1. The lowest BCUT2D eigenvalue weighted by Gasteiger charge is -2.18. The molecule has 0 radical (unpaired) electrons. The van der Waals surface area contributed by atoms with E-state index in [2.05, 4.69) is 34.6 Å². The van der Waals surface area contributed by atoms with Gasteiger partial charge < -0.3 is 14.2 Å². The molecule has 0 rings (SSSR count). The third-order valence-corrected chi connectivity index (χ3v) is 10.2. The quantitative estimate of drug-likeness (QED) is 0.0354. The molecule has 0 heterocycles. The predicted molar refractivity (Wildman–Crippen MR) is 220 cm³/mol. The van der Waals surface area contributed by atoms with Crippen LogP contribution in [0.15, 0.2) is 0 Å². The van der Waals surface area contributed by atoms with Gasteiger partial charge in [-0.05, 0) is 31.1 Å². The van der Waals surface area contributed by atoms with E-state index in [0.29, 0.717) is 19.3 Å². The van der Waals surface area contributed by atoms with Gasteiger partial charge in [0.2, 0.25) is 0 Å². The van der Waals surface area contributed by atoms with Crippen molar-refractivity contribution < 1.29 is 28.6 Å². The van der Waals surface area contributed by atoms with Crippen LogP contribution in [0.5, 0.6) is 0 Å². The van der Waals surface area contributed by atoms with Gasteiger partial charge in [0.05, 0.1) is 0 Å². The molecule has 0 aromatic rings. The zero-order valence-electron chi connectivity index (χ0n) is 35.4. The Labute approximate surface area is 323 Å². The van der Waals surface area contributed by atoms with Crippen molar-refractivity contribution in [2.75, 3.05) is 13.2 Å².